The van der Waals surface area contributed by atoms with E-state index < -0.39 is 32.0 Å². The van der Waals surface area contributed by atoms with E-state index in [4.69, 9.17) is 16.3 Å². The van der Waals surface area contributed by atoms with E-state index in [1.165, 1.54) is 18.1 Å². The van der Waals surface area contributed by atoms with E-state index in [0.717, 1.165) is 37.7 Å². The Kier molecular flexibility index (Phi) is 11.3. The van der Waals surface area contributed by atoms with E-state index in [2.05, 4.69) is 19.1 Å². The van der Waals surface area contributed by atoms with Crippen LogP contribution in [0.2, 0.25) is 5.02 Å². The zero-order valence-electron chi connectivity index (χ0n) is 25.4. The molecule has 0 saturated carbocycles. The molecule has 0 aliphatic carbocycles. The average molecular weight is 624 g/mol. The van der Waals surface area contributed by atoms with Gasteiger partial charge in [-0.3, -0.25) is 4.79 Å². The van der Waals surface area contributed by atoms with Crippen molar-refractivity contribution in [3.63, 3.8) is 0 Å². The first-order valence-corrected chi connectivity index (χ1v) is 16.9. The largest absolute Gasteiger partial charge is 0.377 e. The van der Waals surface area contributed by atoms with Gasteiger partial charge in [0.05, 0.1) is 29.6 Å². The summed E-state index contributed by atoms with van der Waals surface area (Å²) in [6.07, 6.45) is 3.79. The van der Waals surface area contributed by atoms with Crippen LogP contribution >= 0.6 is 11.6 Å². The Bertz CT molecular complexity index is 1320. The summed E-state index contributed by atoms with van der Waals surface area (Å²) in [7, 11) is -3.21. The second kappa shape index (κ2) is 13.7. The molecule has 2 aromatic rings. The fourth-order valence-corrected chi connectivity index (χ4v) is 7.96. The summed E-state index contributed by atoms with van der Waals surface area (Å²) < 4.78 is 29.6. The van der Waals surface area contributed by atoms with Crippen LogP contribution in [-0.4, -0.2) is 54.2 Å². The number of halogens is 1. The minimum absolute atomic E-state index is 0.280. The molecular weight excluding hydrogens is 578 g/mol. The van der Waals surface area contributed by atoms with Crippen molar-refractivity contribution in [2.45, 2.75) is 107 Å². The third kappa shape index (κ3) is 6.56. The monoisotopic (exact) mass is 623 g/mol. The molecule has 0 spiro atoms. The zero-order valence-corrected chi connectivity index (χ0v) is 27.0. The first-order valence-electron chi connectivity index (χ1n) is 14.9. The van der Waals surface area contributed by atoms with Gasteiger partial charge in [-0.05, 0) is 74.4 Å². The predicted octanol–water partition coefficient (Wildman–Crippen LogP) is 5.58. The van der Waals surface area contributed by atoms with Gasteiger partial charge < -0.3 is 20.1 Å². The number of hydrogen-bond acceptors (Lipinski definition) is 7. The molecule has 42 heavy (non-hydrogen) atoms. The number of carbonyl (C=O) groups excluding carboxylic acids is 1. The second-order valence-electron chi connectivity index (χ2n) is 11.7. The summed E-state index contributed by atoms with van der Waals surface area (Å²) >= 11 is 6.08. The van der Waals surface area contributed by atoms with E-state index in [1.807, 2.05) is 26.0 Å². The molecule has 2 aromatic carbocycles. The van der Waals surface area contributed by atoms with Gasteiger partial charge in [-0.1, -0.05) is 82.3 Å². The smallest absolute Gasteiger partial charge is 0.376 e. The van der Waals surface area contributed by atoms with Crippen molar-refractivity contribution in [2.75, 3.05) is 18.1 Å². The number of sulfone groups is 1. The Balaban J connectivity index is 0.000000231. The van der Waals surface area contributed by atoms with E-state index >= 15 is 0 Å². The number of fused-ring (bicyclic) bond motifs is 1. The number of ether oxygens (including phenoxy) is 1. The van der Waals surface area contributed by atoms with Gasteiger partial charge in [0, 0.05) is 5.02 Å². The number of amides is 1. The number of hydrogen-bond donors (Lipinski definition) is 3. The van der Waals surface area contributed by atoms with Gasteiger partial charge in [-0.15, -0.1) is 0 Å². The van der Waals surface area contributed by atoms with Gasteiger partial charge in [-0.2, -0.15) is 0 Å². The molecule has 2 heterocycles. The van der Waals surface area contributed by atoms with Crippen LogP contribution in [0, 0.1) is 0 Å². The third-order valence-corrected chi connectivity index (χ3v) is 11.4. The van der Waals surface area contributed by atoms with Crippen molar-refractivity contribution >= 4 is 33.0 Å². The normalized spacial score (nSPS) is 19.8. The zero-order chi connectivity index (χ0) is 31.3. The van der Waals surface area contributed by atoms with E-state index in [9.17, 15) is 28.5 Å². The number of unbranched alkanes of at least 4 members (excludes halogenated alkanes) is 2. The lowest BCUT2D eigenvalue weighted by Gasteiger charge is -2.42. The number of nitrogens with zero attached hydrogens (tertiary/aromatic N) is 1. The second-order valence-corrected chi connectivity index (χ2v) is 15.0. The van der Waals surface area contributed by atoms with Gasteiger partial charge >= 0.3 is 6.10 Å². The number of aliphatic hydroxyl groups is 3. The molecule has 3 N–H and O–H groups in total. The summed E-state index contributed by atoms with van der Waals surface area (Å²) in [6.45, 7) is 10.2. The van der Waals surface area contributed by atoms with Crippen molar-refractivity contribution < 1.29 is 33.3 Å². The van der Waals surface area contributed by atoms with E-state index in [0.29, 0.717) is 34.0 Å². The number of carbonyl (C=O) groups is 1. The van der Waals surface area contributed by atoms with Crippen LogP contribution in [0.15, 0.2) is 42.5 Å². The maximum Gasteiger partial charge on any atom is 0.376 e. The van der Waals surface area contributed by atoms with E-state index in [-0.39, 0.29) is 18.5 Å². The van der Waals surface area contributed by atoms with Gasteiger partial charge in [0.25, 0.3) is 0 Å². The molecule has 1 saturated heterocycles. The van der Waals surface area contributed by atoms with Gasteiger partial charge in [0.1, 0.15) is 4.75 Å². The van der Waals surface area contributed by atoms with Crippen molar-refractivity contribution in [3.05, 3.63) is 64.2 Å². The fraction of sp³-hybridized carbons (Fsp3) is 0.594. The average Bonchev–Trinajstić information content (AvgIpc) is 3.14. The minimum atomic E-state index is -3.22. The SMILES string of the molecule is CCCCC1(CCC)C(=O)N(C(O)(O)O)c2ccc(Cl)cc21.CCCCc1ccc(C2(S(=O)(=O)C(C)C)COC2)cc1. The van der Waals surface area contributed by atoms with Crippen LogP contribution in [0.25, 0.3) is 0 Å². The lowest BCUT2D eigenvalue weighted by molar-refractivity contribution is -0.306. The first-order chi connectivity index (χ1) is 19.7. The summed E-state index contributed by atoms with van der Waals surface area (Å²) in [5.74, 6) is -0.493. The molecular formula is C32H46ClNO7S. The van der Waals surface area contributed by atoms with Gasteiger partial charge in [0.2, 0.25) is 5.91 Å². The van der Waals surface area contributed by atoms with Crippen molar-refractivity contribution in [1.82, 2.24) is 0 Å². The van der Waals surface area contributed by atoms with Crippen molar-refractivity contribution in [2.24, 2.45) is 0 Å². The molecule has 1 amide bonds. The standard InChI is InChI=1S/C16H22ClNO4.C16H24O3S/c1-3-5-9-15(8-4-2)12-10-11(17)6-7-13(12)18(14(15)19)16(20,21)22;1-4-5-6-14-7-9-15(10-8-14)16(11-19-12-16)20(17,18)13(2)3/h6-7,10,20-22H,3-5,8-9H2,1-2H3;7-10,13H,4-6,11-12H2,1-3H3. The molecule has 0 aromatic heterocycles. The quantitative estimate of drug-likeness (QED) is 0.264. The highest BCUT2D eigenvalue weighted by Crippen LogP contribution is 2.50. The summed E-state index contributed by atoms with van der Waals surface area (Å²) in [6, 6.07) is 12.8. The number of anilines is 1. The Hall–Kier alpha value is -2.01. The van der Waals surface area contributed by atoms with E-state index in [1.54, 1.807) is 26.0 Å². The predicted molar refractivity (Wildman–Crippen MR) is 166 cm³/mol. The molecule has 1 unspecified atom stereocenters. The molecule has 0 bridgehead atoms. The van der Waals surface area contributed by atoms with Crippen LogP contribution in [0.1, 0.15) is 96.3 Å². The summed E-state index contributed by atoms with van der Waals surface area (Å²) in [5.41, 5.74) is 2.23. The Morgan fingerprint density at radius 2 is 1.57 bits per heavy atom. The fourth-order valence-electron chi connectivity index (χ4n) is 5.93. The number of benzene rings is 2. The number of rotatable bonds is 12. The highest BCUT2D eigenvalue weighted by atomic mass is 35.5. The first kappa shape index (κ1) is 34.5. The summed E-state index contributed by atoms with van der Waals surface area (Å²) in [5, 5.41) is 28.9. The molecule has 0 radical (unpaired) electrons. The van der Waals surface area contributed by atoms with Crippen LogP contribution < -0.4 is 4.90 Å². The number of aryl methyl sites for hydroxylation is 1. The molecule has 2 aliphatic heterocycles. The molecule has 1 fully saturated rings. The lowest BCUT2D eigenvalue weighted by Crippen LogP contribution is -2.55. The highest BCUT2D eigenvalue weighted by Gasteiger charge is 2.55. The topological polar surface area (TPSA) is 124 Å². The van der Waals surface area contributed by atoms with Crippen LogP contribution in [-0.2, 0) is 36.0 Å². The Morgan fingerprint density at radius 1 is 0.952 bits per heavy atom. The van der Waals surface area contributed by atoms with Gasteiger partial charge in [0.15, 0.2) is 9.84 Å². The maximum atomic E-state index is 12.9. The summed E-state index contributed by atoms with van der Waals surface area (Å²) in [4.78, 5) is 13.6. The lowest BCUT2D eigenvalue weighted by atomic mass is 9.74. The van der Waals surface area contributed by atoms with Crippen LogP contribution in [0.4, 0.5) is 5.69 Å². The van der Waals surface area contributed by atoms with Crippen molar-refractivity contribution in [1.29, 1.82) is 0 Å². The maximum absolute atomic E-state index is 12.9. The minimum Gasteiger partial charge on any atom is -0.377 e. The third-order valence-electron chi connectivity index (χ3n) is 8.40. The molecule has 10 heteroatoms. The molecule has 1 atom stereocenters. The van der Waals surface area contributed by atoms with Gasteiger partial charge in [-0.25, -0.2) is 13.3 Å². The molecule has 2 aliphatic rings. The molecule has 234 valence electrons. The van der Waals surface area contributed by atoms with Crippen LogP contribution in [0.3, 0.4) is 0 Å². The molecule has 8 nitrogen and oxygen atoms in total. The Morgan fingerprint density at radius 3 is 2.05 bits per heavy atom. The van der Waals surface area contributed by atoms with Crippen molar-refractivity contribution in [3.8, 4) is 0 Å². The molecule has 4 rings (SSSR count). The highest BCUT2D eigenvalue weighted by molar-refractivity contribution is 7.93. The Labute approximate surface area is 255 Å². The van der Waals surface area contributed by atoms with Crippen LogP contribution in [0.5, 0.6) is 0 Å².